The Labute approximate surface area is 144 Å². The maximum absolute atomic E-state index is 13.7. The lowest BCUT2D eigenvalue weighted by molar-refractivity contribution is 0.0842. The van der Waals surface area contributed by atoms with Crippen LogP contribution >= 0.6 is 27.5 Å². The molecule has 0 heterocycles. The minimum absolute atomic E-state index is 0.175. The van der Waals surface area contributed by atoms with Gasteiger partial charge in [-0.2, -0.15) is 0 Å². The molecule has 2 aromatic carbocycles. The summed E-state index contributed by atoms with van der Waals surface area (Å²) in [6.45, 7) is 0. The number of benzene rings is 2. The van der Waals surface area contributed by atoms with Crippen molar-refractivity contribution in [2.75, 3.05) is 7.11 Å². The lowest BCUT2D eigenvalue weighted by Gasteiger charge is -2.11. The molecule has 0 aromatic heterocycles. The number of carbonyl (C=O) groups is 2. The van der Waals surface area contributed by atoms with Crippen LogP contribution in [0.1, 0.15) is 20.7 Å². The van der Waals surface area contributed by atoms with Gasteiger partial charge in [0.1, 0.15) is 11.6 Å². The van der Waals surface area contributed by atoms with E-state index in [0.29, 0.717) is 9.50 Å². The van der Waals surface area contributed by atoms with Crippen LogP contribution in [0.4, 0.5) is 4.39 Å². The third-order valence-electron chi connectivity index (χ3n) is 2.87. The van der Waals surface area contributed by atoms with E-state index in [1.54, 1.807) is 0 Å². The topological polar surface area (TPSA) is 67.4 Å². The first-order valence-electron chi connectivity index (χ1n) is 6.31. The molecule has 0 aliphatic carbocycles. The molecule has 0 unspecified atom stereocenters. The predicted octanol–water partition coefficient (Wildman–Crippen LogP) is 3.33. The van der Waals surface area contributed by atoms with Gasteiger partial charge < -0.3 is 4.74 Å². The van der Waals surface area contributed by atoms with Crippen LogP contribution in [0.5, 0.6) is 5.75 Å². The summed E-state index contributed by atoms with van der Waals surface area (Å²) >= 11 is 8.90. The standard InChI is InChI=1S/C15H11BrClFN2O3/c1-23-13-7-9(17)3-5-11(13)15(22)20-19-14(21)10-4-2-8(16)6-12(10)18/h2-7H,1H3,(H,19,21)(H,20,22). The van der Waals surface area contributed by atoms with E-state index in [0.717, 1.165) is 6.07 Å². The molecule has 0 atom stereocenters. The van der Waals surface area contributed by atoms with Crippen LogP contribution in [-0.2, 0) is 0 Å². The highest BCUT2D eigenvalue weighted by atomic mass is 79.9. The molecule has 0 aliphatic heterocycles. The number of amides is 2. The number of methoxy groups -OCH3 is 1. The van der Waals surface area contributed by atoms with E-state index < -0.39 is 17.6 Å². The van der Waals surface area contributed by atoms with E-state index in [1.165, 1.54) is 37.4 Å². The van der Waals surface area contributed by atoms with Crippen molar-refractivity contribution in [3.8, 4) is 5.75 Å². The summed E-state index contributed by atoms with van der Waals surface area (Å²) in [5.74, 6) is -1.87. The number of rotatable bonds is 3. The smallest absolute Gasteiger partial charge is 0.273 e. The largest absolute Gasteiger partial charge is 0.496 e. The summed E-state index contributed by atoms with van der Waals surface area (Å²) < 4.78 is 19.2. The van der Waals surface area contributed by atoms with Crippen molar-refractivity contribution >= 4 is 39.3 Å². The van der Waals surface area contributed by atoms with E-state index in [4.69, 9.17) is 16.3 Å². The summed E-state index contributed by atoms with van der Waals surface area (Å²) in [5.41, 5.74) is 4.31. The summed E-state index contributed by atoms with van der Waals surface area (Å²) in [6, 6.07) is 8.38. The van der Waals surface area contributed by atoms with Gasteiger partial charge in [0.2, 0.25) is 0 Å². The Morgan fingerprint density at radius 1 is 1.09 bits per heavy atom. The zero-order valence-electron chi connectivity index (χ0n) is 11.8. The zero-order valence-corrected chi connectivity index (χ0v) is 14.2. The molecule has 0 aliphatic rings. The second-order valence-corrected chi connectivity index (χ2v) is 5.73. The van der Waals surface area contributed by atoms with Gasteiger partial charge >= 0.3 is 0 Å². The van der Waals surface area contributed by atoms with Crippen LogP contribution in [0.3, 0.4) is 0 Å². The van der Waals surface area contributed by atoms with Crippen molar-refractivity contribution in [1.29, 1.82) is 0 Å². The van der Waals surface area contributed by atoms with Gasteiger partial charge in [0, 0.05) is 9.50 Å². The average molecular weight is 402 g/mol. The fraction of sp³-hybridized carbons (Fsp3) is 0.0667. The molecule has 0 bridgehead atoms. The molecule has 2 aromatic rings. The van der Waals surface area contributed by atoms with Gasteiger partial charge in [-0.25, -0.2) is 4.39 Å². The first-order valence-corrected chi connectivity index (χ1v) is 7.48. The second kappa shape index (κ2) is 7.43. The Balaban J connectivity index is 2.08. The molecule has 2 N–H and O–H groups in total. The van der Waals surface area contributed by atoms with Gasteiger partial charge in [-0.15, -0.1) is 0 Å². The Morgan fingerprint density at radius 2 is 1.70 bits per heavy atom. The number of nitrogens with one attached hydrogen (secondary N) is 2. The molecule has 0 spiro atoms. The number of carbonyl (C=O) groups excluding carboxylic acids is 2. The maximum atomic E-state index is 13.7. The first-order chi connectivity index (χ1) is 10.9. The fourth-order valence-electron chi connectivity index (χ4n) is 1.77. The van der Waals surface area contributed by atoms with Crippen molar-refractivity contribution in [2.45, 2.75) is 0 Å². The van der Waals surface area contributed by atoms with E-state index in [-0.39, 0.29) is 16.9 Å². The molecule has 2 amide bonds. The molecule has 0 fully saturated rings. The number of hydrazine groups is 1. The third-order valence-corrected chi connectivity index (χ3v) is 3.60. The molecular weight excluding hydrogens is 391 g/mol. The highest BCUT2D eigenvalue weighted by molar-refractivity contribution is 9.10. The SMILES string of the molecule is COc1cc(Cl)ccc1C(=O)NNC(=O)c1ccc(Br)cc1F. The minimum atomic E-state index is -0.781. The molecule has 23 heavy (non-hydrogen) atoms. The van der Waals surface area contributed by atoms with E-state index in [9.17, 15) is 14.0 Å². The summed E-state index contributed by atoms with van der Waals surface area (Å²) in [4.78, 5) is 23.9. The van der Waals surface area contributed by atoms with Crippen LogP contribution in [0.2, 0.25) is 5.02 Å². The van der Waals surface area contributed by atoms with Crippen LogP contribution in [0.25, 0.3) is 0 Å². The molecule has 8 heteroatoms. The van der Waals surface area contributed by atoms with Gasteiger partial charge in [0.05, 0.1) is 18.2 Å². The van der Waals surface area contributed by atoms with Crippen molar-refractivity contribution in [1.82, 2.24) is 10.9 Å². The van der Waals surface area contributed by atoms with Gasteiger partial charge in [0.15, 0.2) is 0 Å². The number of halogens is 3. The van der Waals surface area contributed by atoms with Crippen LogP contribution in [0, 0.1) is 5.82 Å². The van der Waals surface area contributed by atoms with Crippen molar-refractivity contribution in [3.63, 3.8) is 0 Å². The fourth-order valence-corrected chi connectivity index (χ4v) is 2.27. The van der Waals surface area contributed by atoms with Crippen molar-refractivity contribution in [3.05, 3.63) is 62.8 Å². The molecular formula is C15H11BrClFN2O3. The molecule has 0 saturated heterocycles. The van der Waals surface area contributed by atoms with Crippen LogP contribution in [0.15, 0.2) is 40.9 Å². The average Bonchev–Trinajstić information content (AvgIpc) is 2.52. The Morgan fingerprint density at radius 3 is 2.30 bits per heavy atom. The molecule has 0 radical (unpaired) electrons. The van der Waals surface area contributed by atoms with Crippen LogP contribution < -0.4 is 15.6 Å². The summed E-state index contributed by atoms with van der Waals surface area (Å²) in [6.07, 6.45) is 0. The van der Waals surface area contributed by atoms with Crippen LogP contribution in [-0.4, -0.2) is 18.9 Å². The molecule has 5 nitrogen and oxygen atoms in total. The van der Waals surface area contributed by atoms with Crippen molar-refractivity contribution in [2.24, 2.45) is 0 Å². The maximum Gasteiger partial charge on any atom is 0.273 e. The molecule has 0 saturated carbocycles. The lowest BCUT2D eigenvalue weighted by atomic mass is 10.2. The first kappa shape index (κ1) is 17.2. The highest BCUT2D eigenvalue weighted by Gasteiger charge is 2.16. The second-order valence-electron chi connectivity index (χ2n) is 4.38. The third kappa shape index (κ3) is 4.20. The zero-order chi connectivity index (χ0) is 17.0. The van der Waals surface area contributed by atoms with E-state index in [1.807, 2.05) is 0 Å². The van der Waals surface area contributed by atoms with E-state index in [2.05, 4.69) is 26.8 Å². The van der Waals surface area contributed by atoms with Gasteiger partial charge in [-0.1, -0.05) is 27.5 Å². The number of ether oxygens (including phenoxy) is 1. The highest BCUT2D eigenvalue weighted by Crippen LogP contribution is 2.22. The summed E-state index contributed by atoms with van der Waals surface area (Å²) in [7, 11) is 1.39. The van der Waals surface area contributed by atoms with Gasteiger partial charge in [-0.3, -0.25) is 20.4 Å². The monoisotopic (exact) mass is 400 g/mol. The normalized spacial score (nSPS) is 10.1. The Hall–Kier alpha value is -2.12. The lowest BCUT2D eigenvalue weighted by Crippen LogP contribution is -2.42. The molecule has 120 valence electrons. The predicted molar refractivity (Wildman–Crippen MR) is 87.0 cm³/mol. The summed E-state index contributed by atoms with van der Waals surface area (Å²) in [5, 5.41) is 0.402. The van der Waals surface area contributed by atoms with E-state index >= 15 is 0 Å². The number of hydrogen-bond donors (Lipinski definition) is 2. The number of hydrogen-bond acceptors (Lipinski definition) is 3. The minimum Gasteiger partial charge on any atom is -0.496 e. The quantitative estimate of drug-likeness (QED) is 0.775. The molecule has 2 rings (SSSR count). The van der Waals surface area contributed by atoms with Gasteiger partial charge in [0.25, 0.3) is 11.8 Å². The Kier molecular flexibility index (Phi) is 5.57. The Bertz CT molecular complexity index is 770. The van der Waals surface area contributed by atoms with Gasteiger partial charge in [-0.05, 0) is 36.4 Å². The van der Waals surface area contributed by atoms with Crippen molar-refractivity contribution < 1.29 is 18.7 Å².